The predicted octanol–water partition coefficient (Wildman–Crippen LogP) is 0.234. The highest BCUT2D eigenvalue weighted by atomic mass is 31.2. The third-order valence-corrected chi connectivity index (χ3v) is 1.47. The van der Waals surface area contributed by atoms with Gasteiger partial charge in [0.05, 0.1) is 26.4 Å². The normalized spacial score (nSPS) is 13.2. The molecule has 1 unspecified atom stereocenters. The van der Waals surface area contributed by atoms with Gasteiger partial charge in [-0.1, -0.05) is 0 Å². The lowest BCUT2D eigenvalue weighted by Gasteiger charge is -2.05. The predicted molar refractivity (Wildman–Crippen MR) is 46.6 cm³/mol. The third-order valence-electron chi connectivity index (χ3n) is 1.03. The van der Waals surface area contributed by atoms with Gasteiger partial charge in [-0.25, -0.2) is 0 Å². The summed E-state index contributed by atoms with van der Waals surface area (Å²) in [5.74, 6) is 0. The molecule has 0 aromatic heterocycles. The quantitative estimate of drug-likeness (QED) is 0.430. The SMILES string of the molecule is CCOCCOCCOP(N)O. The standard InChI is InChI=1S/C6H16NO4P/c1-2-9-3-4-10-5-6-11-12(7)8/h8H,2-7H2,1H3. The average molecular weight is 197 g/mol. The Labute approximate surface area is 73.8 Å². The zero-order valence-electron chi connectivity index (χ0n) is 7.23. The lowest BCUT2D eigenvalue weighted by atomic mass is 10.7. The van der Waals surface area contributed by atoms with Gasteiger partial charge in [-0.15, -0.1) is 0 Å². The van der Waals surface area contributed by atoms with Crippen molar-refractivity contribution in [1.82, 2.24) is 0 Å². The summed E-state index contributed by atoms with van der Waals surface area (Å²) in [6.07, 6.45) is 0. The molecule has 0 aliphatic rings. The van der Waals surface area contributed by atoms with Crippen LogP contribution in [0.1, 0.15) is 6.92 Å². The second kappa shape index (κ2) is 9.32. The van der Waals surface area contributed by atoms with Crippen molar-refractivity contribution >= 4 is 8.53 Å². The third kappa shape index (κ3) is 10.2. The number of hydrogen-bond acceptors (Lipinski definition) is 5. The first kappa shape index (κ1) is 12.2. The summed E-state index contributed by atoms with van der Waals surface area (Å²) < 4.78 is 14.8. The average Bonchev–Trinajstić information content (AvgIpc) is 2.02. The Bertz CT molecular complexity index is 93.6. The minimum atomic E-state index is -1.74. The van der Waals surface area contributed by atoms with E-state index in [2.05, 4.69) is 4.52 Å². The van der Waals surface area contributed by atoms with E-state index in [1.165, 1.54) is 0 Å². The van der Waals surface area contributed by atoms with Crippen molar-refractivity contribution in [2.24, 2.45) is 5.50 Å². The highest BCUT2D eigenvalue weighted by Gasteiger charge is 1.95. The van der Waals surface area contributed by atoms with Gasteiger partial charge in [0, 0.05) is 6.61 Å². The van der Waals surface area contributed by atoms with Crippen molar-refractivity contribution in [1.29, 1.82) is 0 Å². The lowest BCUT2D eigenvalue weighted by molar-refractivity contribution is 0.0407. The van der Waals surface area contributed by atoms with Gasteiger partial charge < -0.3 is 18.9 Å². The summed E-state index contributed by atoms with van der Waals surface area (Å²) >= 11 is 0. The Hall–Kier alpha value is 0.230. The second-order valence-electron chi connectivity index (χ2n) is 1.95. The van der Waals surface area contributed by atoms with Crippen LogP contribution in [0.2, 0.25) is 0 Å². The van der Waals surface area contributed by atoms with Crippen LogP contribution in [0, 0.1) is 0 Å². The zero-order chi connectivity index (χ0) is 9.23. The van der Waals surface area contributed by atoms with E-state index in [0.717, 1.165) is 0 Å². The molecule has 3 N–H and O–H groups in total. The molecule has 0 spiro atoms. The van der Waals surface area contributed by atoms with Gasteiger partial charge in [-0.05, 0) is 6.92 Å². The monoisotopic (exact) mass is 197 g/mol. The number of hydrogen-bond donors (Lipinski definition) is 2. The number of rotatable bonds is 8. The van der Waals surface area contributed by atoms with Crippen LogP contribution in [-0.2, 0) is 14.0 Å². The van der Waals surface area contributed by atoms with Crippen LogP contribution in [0.3, 0.4) is 0 Å². The highest BCUT2D eigenvalue weighted by molar-refractivity contribution is 7.43. The molecule has 6 heteroatoms. The van der Waals surface area contributed by atoms with Gasteiger partial charge in [0.25, 0.3) is 0 Å². The van der Waals surface area contributed by atoms with E-state index in [4.69, 9.17) is 19.9 Å². The van der Waals surface area contributed by atoms with Gasteiger partial charge in [0.15, 0.2) is 0 Å². The molecule has 0 fully saturated rings. The Morgan fingerprint density at radius 2 is 1.75 bits per heavy atom. The topological polar surface area (TPSA) is 73.9 Å². The summed E-state index contributed by atoms with van der Waals surface area (Å²) in [5.41, 5.74) is 4.97. The molecule has 0 rings (SSSR count). The van der Waals surface area contributed by atoms with E-state index in [1.54, 1.807) is 0 Å². The van der Waals surface area contributed by atoms with Crippen molar-refractivity contribution in [2.45, 2.75) is 6.92 Å². The largest absolute Gasteiger partial charge is 0.379 e. The molecule has 0 heterocycles. The molecule has 0 bridgehead atoms. The molecule has 0 aliphatic heterocycles. The maximum atomic E-state index is 8.53. The van der Waals surface area contributed by atoms with Crippen LogP contribution in [0.15, 0.2) is 0 Å². The van der Waals surface area contributed by atoms with Crippen LogP contribution < -0.4 is 5.50 Å². The van der Waals surface area contributed by atoms with E-state index in [1.807, 2.05) is 6.92 Å². The van der Waals surface area contributed by atoms with Crippen LogP contribution in [0.5, 0.6) is 0 Å². The number of nitrogens with two attached hydrogens (primary N) is 1. The summed E-state index contributed by atoms with van der Waals surface area (Å²) in [4.78, 5) is 8.53. The molecule has 74 valence electrons. The molecule has 0 saturated carbocycles. The fraction of sp³-hybridized carbons (Fsp3) is 1.00. The lowest BCUT2D eigenvalue weighted by Crippen LogP contribution is -2.08. The molecule has 12 heavy (non-hydrogen) atoms. The Kier molecular flexibility index (Phi) is 9.50. The molecular weight excluding hydrogens is 181 g/mol. The van der Waals surface area contributed by atoms with E-state index in [0.29, 0.717) is 33.0 Å². The molecule has 1 atom stereocenters. The summed E-state index contributed by atoms with van der Waals surface area (Å²) in [5, 5.41) is 0. The molecule has 0 aromatic rings. The van der Waals surface area contributed by atoms with Gasteiger partial charge in [0.1, 0.15) is 0 Å². The van der Waals surface area contributed by atoms with Crippen LogP contribution in [0.25, 0.3) is 0 Å². The van der Waals surface area contributed by atoms with Gasteiger partial charge in [0.2, 0.25) is 8.53 Å². The Morgan fingerprint density at radius 1 is 1.17 bits per heavy atom. The van der Waals surface area contributed by atoms with Crippen molar-refractivity contribution in [3.63, 3.8) is 0 Å². The zero-order valence-corrected chi connectivity index (χ0v) is 8.13. The molecular formula is C6H16NO4P. The first-order valence-corrected chi connectivity index (χ1v) is 5.07. The number of ether oxygens (including phenoxy) is 2. The molecule has 0 aromatic carbocycles. The minimum Gasteiger partial charge on any atom is -0.379 e. The van der Waals surface area contributed by atoms with E-state index >= 15 is 0 Å². The fourth-order valence-corrected chi connectivity index (χ4v) is 0.816. The molecule has 0 saturated heterocycles. The second-order valence-corrected chi connectivity index (χ2v) is 2.81. The fourth-order valence-electron chi connectivity index (χ4n) is 0.554. The Morgan fingerprint density at radius 3 is 2.33 bits per heavy atom. The molecule has 0 amide bonds. The van der Waals surface area contributed by atoms with E-state index in [-0.39, 0.29) is 0 Å². The van der Waals surface area contributed by atoms with Crippen LogP contribution in [-0.4, -0.2) is 37.9 Å². The van der Waals surface area contributed by atoms with Crippen molar-refractivity contribution in [3.8, 4) is 0 Å². The van der Waals surface area contributed by atoms with Crippen molar-refractivity contribution in [3.05, 3.63) is 0 Å². The van der Waals surface area contributed by atoms with Gasteiger partial charge >= 0.3 is 0 Å². The smallest absolute Gasteiger partial charge is 0.250 e. The Balaban J connectivity index is 2.82. The first-order valence-electron chi connectivity index (χ1n) is 3.79. The molecule has 5 nitrogen and oxygen atoms in total. The maximum absolute atomic E-state index is 8.53. The van der Waals surface area contributed by atoms with Gasteiger partial charge in [-0.2, -0.15) is 0 Å². The summed E-state index contributed by atoms with van der Waals surface area (Å²) in [6.45, 7) is 4.52. The van der Waals surface area contributed by atoms with Crippen molar-refractivity contribution in [2.75, 3.05) is 33.0 Å². The van der Waals surface area contributed by atoms with E-state index < -0.39 is 8.53 Å². The maximum Gasteiger partial charge on any atom is 0.250 e. The first-order chi connectivity index (χ1) is 5.77. The highest BCUT2D eigenvalue weighted by Crippen LogP contribution is 2.17. The molecule has 0 radical (unpaired) electrons. The van der Waals surface area contributed by atoms with Crippen molar-refractivity contribution < 1.29 is 18.9 Å². The van der Waals surface area contributed by atoms with Crippen LogP contribution in [0.4, 0.5) is 0 Å². The van der Waals surface area contributed by atoms with E-state index in [9.17, 15) is 0 Å². The van der Waals surface area contributed by atoms with Gasteiger partial charge in [-0.3, -0.25) is 5.50 Å². The van der Waals surface area contributed by atoms with Crippen LogP contribution >= 0.6 is 8.53 Å². The minimum absolute atomic E-state index is 0.324. The summed E-state index contributed by atoms with van der Waals surface area (Å²) in [7, 11) is -1.74. The summed E-state index contributed by atoms with van der Waals surface area (Å²) in [6, 6.07) is 0. The molecule has 0 aliphatic carbocycles.